The number of rotatable bonds is 10. The third-order valence-corrected chi connectivity index (χ3v) is 10.3. The van der Waals surface area contributed by atoms with Gasteiger partial charge in [-0.1, -0.05) is 18.5 Å². The Morgan fingerprint density at radius 2 is 1.91 bits per heavy atom. The molecule has 0 radical (unpaired) electrons. The lowest BCUT2D eigenvalue weighted by Crippen LogP contribution is -2.46. The van der Waals surface area contributed by atoms with Gasteiger partial charge < -0.3 is 25.6 Å². The number of imide groups is 1. The van der Waals surface area contributed by atoms with Crippen LogP contribution in [0.5, 0.6) is 5.75 Å². The lowest BCUT2D eigenvalue weighted by Gasteiger charge is -2.37. The van der Waals surface area contributed by atoms with Crippen molar-refractivity contribution in [3.63, 3.8) is 0 Å². The molecule has 0 spiro atoms. The van der Waals surface area contributed by atoms with Crippen LogP contribution in [0.1, 0.15) is 57.7 Å². The molecule has 2 aliphatic heterocycles. The van der Waals surface area contributed by atoms with Crippen molar-refractivity contribution in [3.05, 3.63) is 63.8 Å². The van der Waals surface area contributed by atoms with Gasteiger partial charge >= 0.3 is 0 Å². The van der Waals surface area contributed by atoms with Crippen LogP contribution in [0.25, 0.3) is 21.9 Å². The van der Waals surface area contributed by atoms with E-state index in [0.717, 1.165) is 23.0 Å². The SMILES string of the molecule is CNC(=O)COc1cc2cc(Nc3nc(N4CC[C@@H](Nc5ccc6c(C7CCC(=O)NC7=O)nn(C)c6c5)[C@H](C)C4)ncc3Cl)cnc2n(C(C)C)c1=O. The third-order valence-electron chi connectivity index (χ3n) is 9.98. The molecule has 54 heavy (non-hydrogen) atoms. The summed E-state index contributed by atoms with van der Waals surface area (Å²) in [4.78, 5) is 65.3. The number of pyridine rings is 2. The maximum Gasteiger partial charge on any atom is 0.294 e. The molecule has 3 amide bonds. The molecule has 17 heteroatoms. The molecule has 0 saturated carbocycles. The smallest absolute Gasteiger partial charge is 0.294 e. The largest absolute Gasteiger partial charge is 0.478 e. The number of anilines is 4. The molecule has 6 heterocycles. The molecule has 4 aromatic heterocycles. The van der Waals surface area contributed by atoms with Crippen molar-refractivity contribution in [2.75, 3.05) is 42.3 Å². The van der Waals surface area contributed by atoms with E-state index in [1.54, 1.807) is 23.1 Å². The van der Waals surface area contributed by atoms with Crippen molar-refractivity contribution >= 4 is 74.4 Å². The van der Waals surface area contributed by atoms with E-state index in [9.17, 15) is 19.2 Å². The van der Waals surface area contributed by atoms with Crippen LogP contribution in [0.3, 0.4) is 0 Å². The second kappa shape index (κ2) is 14.9. The van der Waals surface area contributed by atoms with Gasteiger partial charge in [0, 0.05) is 62.1 Å². The van der Waals surface area contributed by atoms with Gasteiger partial charge in [-0.05, 0) is 62.9 Å². The second-order valence-corrected chi connectivity index (χ2v) is 14.5. The molecule has 7 rings (SSSR count). The predicted octanol–water partition coefficient (Wildman–Crippen LogP) is 4.02. The van der Waals surface area contributed by atoms with Crippen LogP contribution in [0, 0.1) is 5.92 Å². The van der Waals surface area contributed by atoms with Gasteiger partial charge in [0.15, 0.2) is 18.2 Å². The molecule has 2 fully saturated rings. The van der Waals surface area contributed by atoms with E-state index in [2.05, 4.69) is 54.2 Å². The molecular formula is C37H42ClN11O5. The van der Waals surface area contributed by atoms with Crippen molar-refractivity contribution in [2.45, 2.75) is 58.0 Å². The standard InChI is InChI=1S/C37H42ClN11O5/c1-19(2)49-34-21(13-29(36(49)53)54-18-31(51)39-4)12-23(15-40-34)43-33-26(38)16-41-37(45-33)48-11-10-27(20(3)17-48)42-22-6-7-24-28(14-22)47(5)46-32(24)25-8-9-30(50)44-35(25)52/h6-7,12-16,19-20,25,27,42H,8-11,17-18H2,1-5H3,(H,39,51)(H,41,43,45)(H,44,50,52)/t20-,25?,27-/m1/s1. The van der Waals surface area contributed by atoms with Crippen molar-refractivity contribution in [1.29, 1.82) is 0 Å². The monoisotopic (exact) mass is 755 g/mol. The van der Waals surface area contributed by atoms with E-state index in [-0.39, 0.29) is 53.6 Å². The first-order chi connectivity index (χ1) is 25.9. The van der Waals surface area contributed by atoms with Crippen molar-refractivity contribution in [2.24, 2.45) is 13.0 Å². The summed E-state index contributed by atoms with van der Waals surface area (Å²) in [6, 6.07) is 9.44. The van der Waals surface area contributed by atoms with Gasteiger partial charge in [-0.3, -0.25) is 33.7 Å². The number of nitrogens with zero attached hydrogens (tertiary/aromatic N) is 7. The highest BCUT2D eigenvalue weighted by Crippen LogP contribution is 2.33. The molecule has 1 unspecified atom stereocenters. The maximum atomic E-state index is 13.2. The summed E-state index contributed by atoms with van der Waals surface area (Å²) in [5.74, 6) is -0.123. The van der Waals surface area contributed by atoms with Crippen LogP contribution in [0.2, 0.25) is 5.02 Å². The summed E-state index contributed by atoms with van der Waals surface area (Å²) in [5.41, 5.74) is 3.25. The fourth-order valence-electron chi connectivity index (χ4n) is 7.14. The summed E-state index contributed by atoms with van der Waals surface area (Å²) in [7, 11) is 3.36. The Labute approximate surface area is 315 Å². The molecule has 16 nitrogen and oxygen atoms in total. The number of hydrogen-bond acceptors (Lipinski definition) is 12. The Balaban J connectivity index is 1.05. The summed E-state index contributed by atoms with van der Waals surface area (Å²) < 4.78 is 8.90. The van der Waals surface area contributed by atoms with E-state index >= 15 is 0 Å². The van der Waals surface area contributed by atoms with Gasteiger partial charge in [0.25, 0.3) is 11.5 Å². The number of piperidine rings is 2. The van der Waals surface area contributed by atoms with Crippen molar-refractivity contribution in [1.82, 2.24) is 39.9 Å². The number of amides is 3. The number of aromatic nitrogens is 6. The van der Waals surface area contributed by atoms with Gasteiger partial charge in [-0.25, -0.2) is 9.97 Å². The number of carbonyl (C=O) groups is 3. The average Bonchev–Trinajstić information content (AvgIpc) is 3.47. The zero-order valence-electron chi connectivity index (χ0n) is 30.6. The van der Waals surface area contributed by atoms with Crippen LogP contribution in [0.4, 0.5) is 23.1 Å². The van der Waals surface area contributed by atoms with Crippen LogP contribution in [-0.2, 0) is 21.4 Å². The lowest BCUT2D eigenvalue weighted by molar-refractivity contribution is -0.134. The molecule has 282 valence electrons. The molecule has 0 bridgehead atoms. The number of halogens is 1. The number of aryl methyl sites for hydroxylation is 1. The predicted molar refractivity (Wildman–Crippen MR) is 206 cm³/mol. The van der Waals surface area contributed by atoms with E-state index in [0.29, 0.717) is 65.1 Å². The Morgan fingerprint density at radius 1 is 1.09 bits per heavy atom. The fraction of sp³-hybridized carbons (Fsp3) is 0.405. The number of nitrogens with one attached hydrogen (secondary N) is 4. The molecule has 2 saturated heterocycles. The quantitative estimate of drug-likeness (QED) is 0.150. The minimum atomic E-state index is -0.453. The first-order valence-corrected chi connectivity index (χ1v) is 18.3. The lowest BCUT2D eigenvalue weighted by atomic mass is 9.92. The summed E-state index contributed by atoms with van der Waals surface area (Å²) >= 11 is 6.57. The number of carbonyl (C=O) groups excluding carboxylic acids is 3. The summed E-state index contributed by atoms with van der Waals surface area (Å²) in [6.45, 7) is 7.06. The molecule has 1 aromatic carbocycles. The number of benzene rings is 1. The van der Waals surface area contributed by atoms with Crippen LogP contribution < -0.4 is 36.5 Å². The Bertz CT molecular complexity index is 2340. The number of ether oxygens (including phenoxy) is 1. The second-order valence-electron chi connectivity index (χ2n) is 14.1. The first-order valence-electron chi connectivity index (χ1n) is 17.9. The number of hydrogen-bond donors (Lipinski definition) is 4. The van der Waals surface area contributed by atoms with E-state index < -0.39 is 5.92 Å². The topological polar surface area (TPSA) is 190 Å². The maximum absolute atomic E-state index is 13.2. The minimum Gasteiger partial charge on any atom is -0.478 e. The van der Waals surface area contributed by atoms with Gasteiger partial charge in [0.2, 0.25) is 17.8 Å². The van der Waals surface area contributed by atoms with E-state index in [4.69, 9.17) is 21.3 Å². The van der Waals surface area contributed by atoms with Gasteiger partial charge in [0.05, 0.1) is 35.2 Å². The van der Waals surface area contributed by atoms with E-state index in [1.165, 1.54) is 11.6 Å². The highest BCUT2D eigenvalue weighted by atomic mass is 35.5. The van der Waals surface area contributed by atoms with Gasteiger partial charge in [0.1, 0.15) is 10.7 Å². The third kappa shape index (κ3) is 7.25. The highest BCUT2D eigenvalue weighted by Gasteiger charge is 2.32. The summed E-state index contributed by atoms with van der Waals surface area (Å²) in [5, 5.41) is 18.4. The fourth-order valence-corrected chi connectivity index (χ4v) is 7.28. The van der Waals surface area contributed by atoms with Crippen molar-refractivity contribution < 1.29 is 19.1 Å². The molecule has 5 aromatic rings. The Kier molecular flexibility index (Phi) is 10.1. The first kappa shape index (κ1) is 36.6. The molecule has 2 aliphatic rings. The Morgan fingerprint density at radius 3 is 2.65 bits per heavy atom. The van der Waals surface area contributed by atoms with Crippen LogP contribution in [-0.4, -0.2) is 79.8 Å². The highest BCUT2D eigenvalue weighted by molar-refractivity contribution is 6.33. The number of likely N-dealkylation sites (N-methyl/N-ethyl adjacent to an activating group) is 1. The molecular weight excluding hydrogens is 714 g/mol. The van der Waals surface area contributed by atoms with Crippen molar-refractivity contribution in [3.8, 4) is 5.75 Å². The zero-order chi connectivity index (χ0) is 38.3. The molecule has 0 aliphatic carbocycles. The van der Waals surface area contributed by atoms with Gasteiger partial charge in [-0.15, -0.1) is 0 Å². The zero-order valence-corrected chi connectivity index (χ0v) is 31.4. The normalized spacial score (nSPS) is 18.9. The summed E-state index contributed by atoms with van der Waals surface area (Å²) in [6.07, 6.45) is 4.77. The minimum absolute atomic E-state index is 0.0459. The Hall–Kier alpha value is -5.77. The molecule has 4 N–H and O–H groups in total. The van der Waals surface area contributed by atoms with Crippen LogP contribution >= 0.6 is 11.6 Å². The average molecular weight is 756 g/mol. The van der Waals surface area contributed by atoms with Gasteiger partial charge in [-0.2, -0.15) is 10.1 Å². The number of fused-ring (bicyclic) bond motifs is 2. The molecule has 3 atom stereocenters. The van der Waals surface area contributed by atoms with E-state index in [1.807, 2.05) is 39.1 Å². The van der Waals surface area contributed by atoms with Crippen LogP contribution in [0.15, 0.2) is 47.5 Å².